The zero-order valence-corrected chi connectivity index (χ0v) is 15.0. The van der Waals surface area contributed by atoms with E-state index in [0.29, 0.717) is 11.0 Å². The van der Waals surface area contributed by atoms with Crippen LogP contribution in [0, 0.1) is 25.5 Å². The van der Waals surface area contributed by atoms with Gasteiger partial charge in [-0.1, -0.05) is 29.5 Å². The molecule has 0 saturated heterocycles. The van der Waals surface area contributed by atoms with Gasteiger partial charge in [0.2, 0.25) is 5.91 Å². The van der Waals surface area contributed by atoms with Gasteiger partial charge >= 0.3 is 0 Å². The minimum absolute atomic E-state index is 0.0585. The second-order valence-corrected chi connectivity index (χ2v) is 6.61. The molecule has 0 aliphatic rings. The Hall–Kier alpha value is -2.74. The lowest BCUT2D eigenvalue weighted by Crippen LogP contribution is -2.15. The summed E-state index contributed by atoms with van der Waals surface area (Å²) in [6.07, 6.45) is 0. The van der Waals surface area contributed by atoms with Crippen LogP contribution in [0.4, 0.5) is 14.5 Å². The highest BCUT2D eigenvalue weighted by Crippen LogP contribution is 2.22. The highest BCUT2D eigenvalue weighted by molar-refractivity contribution is 7.99. The Kier molecular flexibility index (Phi) is 5.32. The molecule has 1 heterocycles. The largest absolute Gasteiger partial charge is 0.325 e. The molecule has 0 fully saturated rings. The predicted molar refractivity (Wildman–Crippen MR) is 96.5 cm³/mol. The third kappa shape index (κ3) is 4.08. The Morgan fingerprint density at radius 1 is 1.08 bits per heavy atom. The number of anilines is 1. The Balaban J connectivity index is 1.69. The smallest absolute Gasteiger partial charge is 0.234 e. The van der Waals surface area contributed by atoms with E-state index >= 15 is 0 Å². The van der Waals surface area contributed by atoms with E-state index in [-0.39, 0.29) is 17.3 Å². The molecule has 26 heavy (non-hydrogen) atoms. The van der Waals surface area contributed by atoms with E-state index in [1.54, 1.807) is 0 Å². The van der Waals surface area contributed by atoms with Gasteiger partial charge in [-0.05, 0) is 38.1 Å². The first kappa shape index (κ1) is 18.1. The van der Waals surface area contributed by atoms with Crippen molar-refractivity contribution in [3.63, 3.8) is 0 Å². The van der Waals surface area contributed by atoms with Crippen molar-refractivity contribution >= 4 is 23.4 Å². The van der Waals surface area contributed by atoms with Crippen molar-refractivity contribution in [3.05, 3.63) is 65.5 Å². The van der Waals surface area contributed by atoms with Gasteiger partial charge in [-0.2, -0.15) is 0 Å². The number of carbonyl (C=O) groups excluding carboxylic acids is 1. The molecule has 134 valence electrons. The van der Waals surface area contributed by atoms with E-state index in [1.807, 2.05) is 42.7 Å². The summed E-state index contributed by atoms with van der Waals surface area (Å²) in [5.41, 5.74) is 2.24. The maximum absolute atomic E-state index is 13.2. The number of rotatable bonds is 5. The number of hydrogen-bond acceptors (Lipinski definition) is 4. The van der Waals surface area contributed by atoms with E-state index in [9.17, 15) is 13.6 Å². The summed E-state index contributed by atoms with van der Waals surface area (Å²) in [6.45, 7) is 3.83. The summed E-state index contributed by atoms with van der Waals surface area (Å²) >= 11 is 1.21. The summed E-state index contributed by atoms with van der Waals surface area (Å²) in [6, 6.07) is 11.1. The second kappa shape index (κ2) is 7.65. The van der Waals surface area contributed by atoms with Gasteiger partial charge in [0, 0.05) is 17.4 Å². The fraction of sp³-hybridized carbons (Fsp3) is 0.167. The number of hydrogen-bond donors (Lipinski definition) is 1. The molecule has 0 saturated carbocycles. The van der Waals surface area contributed by atoms with Crippen LogP contribution < -0.4 is 5.32 Å². The van der Waals surface area contributed by atoms with Gasteiger partial charge in [-0.15, -0.1) is 10.2 Å². The van der Waals surface area contributed by atoms with Gasteiger partial charge in [0.05, 0.1) is 5.75 Å². The van der Waals surface area contributed by atoms with Crippen LogP contribution >= 0.6 is 11.8 Å². The molecular weight excluding hydrogens is 358 g/mol. The zero-order chi connectivity index (χ0) is 18.7. The molecule has 0 bridgehead atoms. The molecule has 2 aromatic carbocycles. The monoisotopic (exact) mass is 374 g/mol. The van der Waals surface area contributed by atoms with Crippen molar-refractivity contribution in [3.8, 4) is 5.69 Å². The number of aromatic nitrogens is 3. The first-order valence-electron chi connectivity index (χ1n) is 7.81. The number of nitrogens with zero attached hydrogens (tertiary/aromatic N) is 3. The Labute approximate surface area is 153 Å². The first-order chi connectivity index (χ1) is 12.4. The number of halogens is 2. The van der Waals surface area contributed by atoms with E-state index in [1.165, 1.54) is 17.8 Å². The van der Waals surface area contributed by atoms with Crippen molar-refractivity contribution in [2.75, 3.05) is 11.1 Å². The van der Waals surface area contributed by atoms with Gasteiger partial charge in [0.1, 0.15) is 5.82 Å². The quantitative estimate of drug-likeness (QED) is 0.688. The molecule has 3 aromatic rings. The van der Waals surface area contributed by atoms with Gasteiger partial charge < -0.3 is 5.32 Å². The van der Waals surface area contributed by atoms with Crippen LogP contribution in [-0.4, -0.2) is 26.4 Å². The second-order valence-electron chi connectivity index (χ2n) is 5.67. The SMILES string of the molecule is Cc1ccc(-n2c(C)nnc2SCC(=O)Nc2ccc(F)c(F)c2)cc1. The molecule has 1 amide bonds. The Morgan fingerprint density at radius 3 is 2.50 bits per heavy atom. The van der Waals surface area contributed by atoms with E-state index in [4.69, 9.17) is 0 Å². The number of thioether (sulfide) groups is 1. The average molecular weight is 374 g/mol. The van der Waals surface area contributed by atoms with Gasteiger partial charge in [0.15, 0.2) is 16.8 Å². The van der Waals surface area contributed by atoms with Crippen molar-refractivity contribution in [2.45, 2.75) is 19.0 Å². The van der Waals surface area contributed by atoms with Crippen molar-refractivity contribution in [2.24, 2.45) is 0 Å². The number of carbonyl (C=O) groups is 1. The van der Waals surface area contributed by atoms with Crippen LogP contribution in [0.15, 0.2) is 47.6 Å². The molecule has 0 unspecified atom stereocenters. The lowest BCUT2D eigenvalue weighted by atomic mass is 10.2. The Morgan fingerprint density at radius 2 is 1.81 bits per heavy atom. The fourth-order valence-electron chi connectivity index (χ4n) is 2.33. The molecule has 1 N–H and O–H groups in total. The van der Waals surface area contributed by atoms with Crippen LogP contribution in [-0.2, 0) is 4.79 Å². The fourth-order valence-corrected chi connectivity index (χ4v) is 3.13. The zero-order valence-electron chi connectivity index (χ0n) is 14.2. The summed E-state index contributed by atoms with van der Waals surface area (Å²) in [5.74, 6) is -1.55. The van der Waals surface area contributed by atoms with Crippen LogP contribution in [0.1, 0.15) is 11.4 Å². The molecule has 0 spiro atoms. The van der Waals surface area contributed by atoms with Gasteiger partial charge in [-0.25, -0.2) is 8.78 Å². The van der Waals surface area contributed by atoms with Crippen LogP contribution in [0.5, 0.6) is 0 Å². The topological polar surface area (TPSA) is 59.8 Å². The van der Waals surface area contributed by atoms with Crippen LogP contribution in [0.3, 0.4) is 0 Å². The molecule has 1 aromatic heterocycles. The lowest BCUT2D eigenvalue weighted by molar-refractivity contribution is -0.113. The third-order valence-electron chi connectivity index (χ3n) is 3.62. The molecule has 0 radical (unpaired) electrons. The highest BCUT2D eigenvalue weighted by Gasteiger charge is 2.14. The summed E-state index contributed by atoms with van der Waals surface area (Å²) in [4.78, 5) is 12.1. The number of aryl methyl sites for hydroxylation is 2. The predicted octanol–water partition coefficient (Wildman–Crippen LogP) is 3.89. The van der Waals surface area contributed by atoms with Crippen molar-refractivity contribution in [1.29, 1.82) is 0 Å². The maximum Gasteiger partial charge on any atom is 0.234 e. The minimum Gasteiger partial charge on any atom is -0.325 e. The number of benzene rings is 2. The molecule has 0 atom stereocenters. The standard InChI is InChI=1S/C18H16F2N4OS/c1-11-3-6-14(7-4-11)24-12(2)22-23-18(24)26-10-17(25)21-13-5-8-15(19)16(20)9-13/h3-9H,10H2,1-2H3,(H,21,25). The third-order valence-corrected chi connectivity index (χ3v) is 4.55. The summed E-state index contributed by atoms with van der Waals surface area (Å²) in [7, 11) is 0. The first-order valence-corrected chi connectivity index (χ1v) is 8.79. The summed E-state index contributed by atoms with van der Waals surface area (Å²) in [5, 5.41) is 11.3. The molecule has 0 aliphatic carbocycles. The van der Waals surface area contributed by atoms with E-state index in [2.05, 4.69) is 15.5 Å². The van der Waals surface area contributed by atoms with Gasteiger partial charge in [0.25, 0.3) is 0 Å². The maximum atomic E-state index is 13.2. The molecule has 8 heteroatoms. The lowest BCUT2D eigenvalue weighted by Gasteiger charge is -2.09. The number of amides is 1. The Bertz CT molecular complexity index is 941. The van der Waals surface area contributed by atoms with Crippen LogP contribution in [0.25, 0.3) is 5.69 Å². The molecular formula is C18H16F2N4OS. The molecule has 3 rings (SSSR count). The van der Waals surface area contributed by atoms with Gasteiger partial charge in [-0.3, -0.25) is 9.36 Å². The van der Waals surface area contributed by atoms with Crippen LogP contribution in [0.2, 0.25) is 0 Å². The minimum atomic E-state index is -1.01. The van der Waals surface area contributed by atoms with E-state index < -0.39 is 11.6 Å². The summed E-state index contributed by atoms with van der Waals surface area (Å²) < 4.78 is 28.0. The average Bonchev–Trinajstić information content (AvgIpc) is 2.98. The molecule has 5 nitrogen and oxygen atoms in total. The highest BCUT2D eigenvalue weighted by atomic mass is 32.2. The number of nitrogens with one attached hydrogen (secondary N) is 1. The molecule has 0 aliphatic heterocycles. The van der Waals surface area contributed by atoms with E-state index in [0.717, 1.165) is 23.4 Å². The van der Waals surface area contributed by atoms with Crippen molar-refractivity contribution in [1.82, 2.24) is 14.8 Å². The normalized spacial score (nSPS) is 10.8. The van der Waals surface area contributed by atoms with Crippen molar-refractivity contribution < 1.29 is 13.6 Å².